The van der Waals surface area contributed by atoms with Crippen LogP contribution >= 0.6 is 0 Å². The lowest BCUT2D eigenvalue weighted by Gasteiger charge is -2.32. The number of nitrogens with one attached hydrogen (secondary N) is 2. The van der Waals surface area contributed by atoms with Crippen LogP contribution < -0.4 is 10.6 Å². The summed E-state index contributed by atoms with van der Waals surface area (Å²) in [6.45, 7) is 3.38. The number of pyridine rings is 1. The fourth-order valence-electron chi connectivity index (χ4n) is 3.65. The Bertz CT molecular complexity index is 996. The fraction of sp³-hybridized carbons (Fsp3) is 0.409. The first kappa shape index (κ1) is 23.1. The van der Waals surface area contributed by atoms with E-state index in [1.54, 1.807) is 24.1 Å². The van der Waals surface area contributed by atoms with Gasteiger partial charge in [-0.2, -0.15) is 0 Å². The lowest BCUT2D eigenvalue weighted by Crippen LogP contribution is -2.43. The number of ether oxygens (including phenoxy) is 1. The van der Waals surface area contributed by atoms with Crippen molar-refractivity contribution in [2.45, 2.75) is 19.8 Å². The Balaban J connectivity index is 1.69. The molecule has 10 heteroatoms. The van der Waals surface area contributed by atoms with Crippen molar-refractivity contribution in [2.24, 2.45) is 5.92 Å². The van der Waals surface area contributed by atoms with Gasteiger partial charge in [-0.1, -0.05) is 6.07 Å². The van der Waals surface area contributed by atoms with Gasteiger partial charge in [0.05, 0.1) is 17.4 Å². The van der Waals surface area contributed by atoms with Crippen LogP contribution in [0.25, 0.3) is 0 Å². The number of hydrogen-bond acceptors (Lipinski definition) is 7. The maximum atomic E-state index is 13.0. The number of piperidine rings is 1. The van der Waals surface area contributed by atoms with Crippen molar-refractivity contribution in [3.8, 4) is 0 Å². The summed E-state index contributed by atoms with van der Waals surface area (Å²) < 4.78 is 4.95. The van der Waals surface area contributed by atoms with E-state index in [2.05, 4.69) is 15.6 Å². The first-order valence-corrected chi connectivity index (χ1v) is 10.4. The quantitative estimate of drug-likeness (QED) is 0.366. The zero-order valence-corrected chi connectivity index (χ0v) is 18.2. The molecular formula is C22H27N5O5. The van der Waals surface area contributed by atoms with Crippen molar-refractivity contribution >= 4 is 29.0 Å². The van der Waals surface area contributed by atoms with Crippen LogP contribution in [0.4, 0.5) is 17.2 Å². The van der Waals surface area contributed by atoms with E-state index in [-0.39, 0.29) is 35.5 Å². The van der Waals surface area contributed by atoms with E-state index in [1.807, 2.05) is 19.1 Å². The molecule has 170 valence electrons. The normalized spacial score (nSPS) is 15.8. The lowest BCUT2D eigenvalue weighted by molar-refractivity contribution is -0.384. The maximum absolute atomic E-state index is 13.0. The molecule has 0 spiro atoms. The first-order valence-electron chi connectivity index (χ1n) is 10.4. The van der Waals surface area contributed by atoms with Gasteiger partial charge in [-0.05, 0) is 44.0 Å². The number of likely N-dealkylation sites (tertiary alicyclic amines) is 1. The van der Waals surface area contributed by atoms with Crippen LogP contribution in [0.2, 0.25) is 0 Å². The summed E-state index contributed by atoms with van der Waals surface area (Å²) >= 11 is 0. The number of aryl methyl sites for hydroxylation is 1. The first-order chi connectivity index (χ1) is 15.4. The van der Waals surface area contributed by atoms with E-state index in [1.165, 1.54) is 12.1 Å². The number of benzene rings is 1. The predicted molar refractivity (Wildman–Crippen MR) is 120 cm³/mol. The predicted octanol–water partition coefficient (Wildman–Crippen LogP) is 2.85. The second-order valence-electron chi connectivity index (χ2n) is 7.65. The van der Waals surface area contributed by atoms with Crippen molar-refractivity contribution in [2.75, 3.05) is 44.0 Å². The number of nitro benzene ring substituents is 1. The second-order valence-corrected chi connectivity index (χ2v) is 7.65. The van der Waals surface area contributed by atoms with E-state index in [4.69, 9.17) is 4.74 Å². The molecule has 1 saturated heterocycles. The van der Waals surface area contributed by atoms with Crippen molar-refractivity contribution < 1.29 is 19.2 Å². The molecule has 0 radical (unpaired) electrons. The highest BCUT2D eigenvalue weighted by molar-refractivity contribution is 5.97. The van der Waals surface area contributed by atoms with Gasteiger partial charge < -0.3 is 20.3 Å². The molecule has 2 amide bonds. The highest BCUT2D eigenvalue weighted by atomic mass is 16.6. The molecule has 1 aromatic carbocycles. The van der Waals surface area contributed by atoms with Crippen LogP contribution in [0.3, 0.4) is 0 Å². The fourth-order valence-corrected chi connectivity index (χ4v) is 3.65. The number of aromatic nitrogens is 1. The number of nitro groups is 1. The van der Waals surface area contributed by atoms with Gasteiger partial charge in [0.25, 0.3) is 11.6 Å². The molecule has 1 aliphatic heterocycles. The molecule has 1 fully saturated rings. The second kappa shape index (κ2) is 10.7. The Kier molecular flexibility index (Phi) is 7.72. The Morgan fingerprint density at radius 3 is 2.84 bits per heavy atom. The zero-order chi connectivity index (χ0) is 23.1. The average molecular weight is 441 g/mol. The topological polar surface area (TPSA) is 127 Å². The molecule has 1 atom stereocenters. The summed E-state index contributed by atoms with van der Waals surface area (Å²) in [6.07, 6.45) is 1.33. The minimum absolute atomic E-state index is 0.177. The Labute approximate surface area is 186 Å². The van der Waals surface area contributed by atoms with Crippen molar-refractivity contribution in [3.05, 3.63) is 57.8 Å². The maximum Gasteiger partial charge on any atom is 0.293 e. The monoisotopic (exact) mass is 441 g/mol. The van der Waals surface area contributed by atoms with E-state index in [9.17, 15) is 19.7 Å². The minimum Gasteiger partial charge on any atom is -0.383 e. The third-order valence-electron chi connectivity index (χ3n) is 5.28. The summed E-state index contributed by atoms with van der Waals surface area (Å²) in [4.78, 5) is 42.6. The number of rotatable bonds is 8. The van der Waals surface area contributed by atoms with Gasteiger partial charge in [0.15, 0.2) is 0 Å². The summed E-state index contributed by atoms with van der Waals surface area (Å²) in [5, 5.41) is 17.2. The van der Waals surface area contributed by atoms with Crippen molar-refractivity contribution in [1.82, 2.24) is 9.88 Å². The summed E-state index contributed by atoms with van der Waals surface area (Å²) in [5.41, 5.74) is 1.16. The molecular weight excluding hydrogens is 414 g/mol. The summed E-state index contributed by atoms with van der Waals surface area (Å²) in [5.74, 6) is -0.419. The smallest absolute Gasteiger partial charge is 0.293 e. The van der Waals surface area contributed by atoms with Crippen LogP contribution in [0.5, 0.6) is 0 Å². The van der Waals surface area contributed by atoms with Crippen LogP contribution in [0, 0.1) is 23.0 Å². The van der Waals surface area contributed by atoms with Crippen LogP contribution in [-0.2, 0) is 9.53 Å². The molecule has 0 bridgehead atoms. The lowest BCUT2D eigenvalue weighted by atomic mass is 9.96. The van der Waals surface area contributed by atoms with Crippen LogP contribution in [0.1, 0.15) is 28.9 Å². The molecule has 1 unspecified atom stereocenters. The molecule has 32 heavy (non-hydrogen) atoms. The molecule has 0 saturated carbocycles. The van der Waals surface area contributed by atoms with Crippen LogP contribution in [0.15, 0.2) is 36.4 Å². The van der Waals surface area contributed by atoms with Gasteiger partial charge in [-0.25, -0.2) is 4.98 Å². The molecule has 3 rings (SSSR count). The minimum atomic E-state index is -0.521. The van der Waals surface area contributed by atoms with E-state index >= 15 is 0 Å². The number of hydrogen-bond donors (Lipinski definition) is 2. The molecule has 2 aromatic rings. The third-order valence-corrected chi connectivity index (χ3v) is 5.28. The average Bonchev–Trinajstić information content (AvgIpc) is 2.79. The van der Waals surface area contributed by atoms with Crippen molar-refractivity contribution in [3.63, 3.8) is 0 Å². The van der Waals surface area contributed by atoms with Gasteiger partial charge in [-0.15, -0.1) is 0 Å². The molecule has 2 N–H and O–H groups in total. The van der Waals surface area contributed by atoms with Crippen LogP contribution in [-0.4, -0.2) is 60.0 Å². The number of carbonyl (C=O) groups excluding carboxylic acids is 2. The number of anilines is 2. The summed E-state index contributed by atoms with van der Waals surface area (Å²) in [6, 6.07) is 9.74. The standard InChI is InChI=1S/C22H27N5O5/c1-15-5-3-7-20(24-15)25-21(28)17-6-4-11-26(14-17)22(29)16-8-9-18(23-10-12-32-2)19(13-16)27(30)31/h3,5,7-9,13,17,23H,4,6,10-12,14H2,1-2H3,(H,24,25,28). The largest absolute Gasteiger partial charge is 0.383 e. The SMILES string of the molecule is COCCNc1ccc(C(=O)N2CCCC(C(=O)Nc3cccc(C)n3)C2)cc1[N+](=O)[O-]. The van der Waals surface area contributed by atoms with Gasteiger partial charge in [0, 0.05) is 44.1 Å². The van der Waals surface area contributed by atoms with E-state index in [0.29, 0.717) is 44.0 Å². The molecule has 1 aliphatic rings. The zero-order valence-electron chi connectivity index (χ0n) is 18.2. The molecule has 2 heterocycles. The Morgan fingerprint density at radius 2 is 2.12 bits per heavy atom. The van der Waals surface area contributed by atoms with Gasteiger partial charge in [0.1, 0.15) is 11.5 Å². The Hall–Kier alpha value is -3.53. The number of nitrogens with zero attached hydrogens (tertiary/aromatic N) is 3. The molecule has 0 aliphatic carbocycles. The van der Waals surface area contributed by atoms with Gasteiger partial charge >= 0.3 is 0 Å². The third kappa shape index (κ3) is 5.79. The summed E-state index contributed by atoms with van der Waals surface area (Å²) in [7, 11) is 1.54. The molecule has 1 aromatic heterocycles. The number of carbonyl (C=O) groups is 2. The Morgan fingerprint density at radius 1 is 1.31 bits per heavy atom. The molecule has 10 nitrogen and oxygen atoms in total. The number of methoxy groups -OCH3 is 1. The van der Waals surface area contributed by atoms with Gasteiger partial charge in [0.2, 0.25) is 5.91 Å². The number of amides is 2. The van der Waals surface area contributed by atoms with E-state index in [0.717, 1.165) is 5.69 Å². The van der Waals surface area contributed by atoms with E-state index < -0.39 is 4.92 Å². The highest BCUT2D eigenvalue weighted by Gasteiger charge is 2.30. The van der Waals surface area contributed by atoms with Gasteiger partial charge in [-0.3, -0.25) is 19.7 Å². The van der Waals surface area contributed by atoms with Crippen molar-refractivity contribution in [1.29, 1.82) is 0 Å². The highest BCUT2D eigenvalue weighted by Crippen LogP contribution is 2.27.